The van der Waals surface area contributed by atoms with E-state index in [1.54, 1.807) is 6.20 Å². The molecule has 0 saturated carbocycles. The Labute approximate surface area is 124 Å². The molecular formula is C17H20N2O2. The molecule has 0 radical (unpaired) electrons. The zero-order chi connectivity index (χ0) is 15.5. The fourth-order valence-electron chi connectivity index (χ4n) is 2.51. The number of para-hydroxylation sites is 1. The summed E-state index contributed by atoms with van der Waals surface area (Å²) < 4.78 is 2.00. The lowest BCUT2D eigenvalue weighted by Crippen LogP contribution is -2.08. The molecular weight excluding hydrogens is 264 g/mol. The second kappa shape index (κ2) is 6.01. The van der Waals surface area contributed by atoms with Crippen LogP contribution in [-0.2, 0) is 6.54 Å². The highest BCUT2D eigenvalue weighted by Crippen LogP contribution is 2.24. The Balaban J connectivity index is 2.09. The SMILES string of the molecule is CC(C)(C#N)CCCCn1cc(C(=O)O)c2ccccc21. The van der Waals surface area contributed by atoms with Crippen LogP contribution in [0.1, 0.15) is 43.5 Å². The molecule has 1 aromatic heterocycles. The molecule has 0 bridgehead atoms. The molecule has 0 amide bonds. The van der Waals surface area contributed by atoms with Gasteiger partial charge in [0.05, 0.1) is 17.0 Å². The second-order valence-corrected chi connectivity index (χ2v) is 6.01. The number of hydrogen-bond donors (Lipinski definition) is 1. The third kappa shape index (κ3) is 3.43. The first-order chi connectivity index (χ1) is 9.94. The number of unbranched alkanes of at least 4 members (excludes halogenated alkanes) is 1. The molecule has 0 aliphatic rings. The van der Waals surface area contributed by atoms with Gasteiger partial charge in [0.25, 0.3) is 0 Å². The maximum Gasteiger partial charge on any atom is 0.337 e. The summed E-state index contributed by atoms with van der Waals surface area (Å²) in [4.78, 5) is 11.3. The molecule has 0 unspecified atom stereocenters. The van der Waals surface area contributed by atoms with Gasteiger partial charge < -0.3 is 9.67 Å². The molecule has 0 spiro atoms. The van der Waals surface area contributed by atoms with Gasteiger partial charge in [-0.25, -0.2) is 4.79 Å². The molecule has 4 nitrogen and oxygen atoms in total. The smallest absolute Gasteiger partial charge is 0.337 e. The number of aromatic nitrogens is 1. The highest BCUT2D eigenvalue weighted by molar-refractivity contribution is 6.03. The Morgan fingerprint density at radius 1 is 1.33 bits per heavy atom. The molecule has 0 saturated heterocycles. The van der Waals surface area contributed by atoms with E-state index in [1.165, 1.54) is 0 Å². The Kier molecular flexibility index (Phi) is 4.32. The van der Waals surface area contributed by atoms with E-state index in [1.807, 2.05) is 42.7 Å². The molecule has 2 aromatic rings. The second-order valence-electron chi connectivity index (χ2n) is 6.01. The van der Waals surface area contributed by atoms with Crippen LogP contribution < -0.4 is 0 Å². The predicted octanol–water partition coefficient (Wildman–Crippen LogP) is 4.06. The van der Waals surface area contributed by atoms with Crippen molar-refractivity contribution in [3.05, 3.63) is 36.0 Å². The zero-order valence-corrected chi connectivity index (χ0v) is 12.5. The van der Waals surface area contributed by atoms with Crippen molar-refractivity contribution in [3.63, 3.8) is 0 Å². The summed E-state index contributed by atoms with van der Waals surface area (Å²) in [7, 11) is 0. The number of aromatic carboxylic acids is 1. The highest BCUT2D eigenvalue weighted by atomic mass is 16.4. The fourth-order valence-corrected chi connectivity index (χ4v) is 2.51. The molecule has 0 aliphatic heterocycles. The molecule has 110 valence electrons. The molecule has 21 heavy (non-hydrogen) atoms. The van der Waals surface area contributed by atoms with Gasteiger partial charge in [-0.3, -0.25) is 0 Å². The number of benzene rings is 1. The molecule has 1 N–H and O–H groups in total. The minimum absolute atomic E-state index is 0.287. The molecule has 0 atom stereocenters. The molecule has 0 fully saturated rings. The molecule has 4 heteroatoms. The van der Waals surface area contributed by atoms with E-state index in [0.29, 0.717) is 5.56 Å². The van der Waals surface area contributed by atoms with Crippen LogP contribution in [0.2, 0.25) is 0 Å². The number of rotatable bonds is 6. The first kappa shape index (κ1) is 15.1. The quantitative estimate of drug-likeness (QED) is 0.813. The van der Waals surface area contributed by atoms with Crippen molar-refractivity contribution < 1.29 is 9.90 Å². The Hall–Kier alpha value is -2.28. The maximum absolute atomic E-state index is 11.3. The summed E-state index contributed by atoms with van der Waals surface area (Å²) in [6.45, 7) is 4.66. The van der Waals surface area contributed by atoms with Crippen molar-refractivity contribution in [2.24, 2.45) is 5.41 Å². The van der Waals surface area contributed by atoms with Crippen LogP contribution >= 0.6 is 0 Å². The molecule has 2 rings (SSSR count). The summed E-state index contributed by atoms with van der Waals surface area (Å²) in [5, 5.41) is 19.0. The van der Waals surface area contributed by atoms with E-state index in [2.05, 4.69) is 6.07 Å². The monoisotopic (exact) mass is 284 g/mol. The van der Waals surface area contributed by atoms with E-state index >= 15 is 0 Å². The van der Waals surface area contributed by atoms with Crippen molar-refractivity contribution >= 4 is 16.9 Å². The summed E-state index contributed by atoms with van der Waals surface area (Å²) in [5.41, 5.74) is 1.02. The fraction of sp³-hybridized carbons (Fsp3) is 0.412. The van der Waals surface area contributed by atoms with Crippen molar-refractivity contribution in [1.82, 2.24) is 4.57 Å². The Bertz CT molecular complexity index is 692. The van der Waals surface area contributed by atoms with Crippen LogP contribution in [0.15, 0.2) is 30.5 Å². The van der Waals surface area contributed by atoms with Crippen LogP contribution in [-0.4, -0.2) is 15.6 Å². The van der Waals surface area contributed by atoms with Gasteiger partial charge >= 0.3 is 5.97 Å². The minimum Gasteiger partial charge on any atom is -0.478 e. The van der Waals surface area contributed by atoms with Crippen molar-refractivity contribution in [1.29, 1.82) is 5.26 Å². The third-order valence-corrected chi connectivity index (χ3v) is 3.77. The number of hydrogen-bond acceptors (Lipinski definition) is 2. The Morgan fingerprint density at radius 2 is 2.05 bits per heavy atom. The van der Waals surface area contributed by atoms with Gasteiger partial charge in [-0.15, -0.1) is 0 Å². The van der Waals surface area contributed by atoms with E-state index < -0.39 is 5.97 Å². The van der Waals surface area contributed by atoms with Crippen LogP contribution in [0.5, 0.6) is 0 Å². The average Bonchev–Trinajstić information content (AvgIpc) is 2.83. The number of fused-ring (bicyclic) bond motifs is 1. The van der Waals surface area contributed by atoms with Gasteiger partial charge in [-0.2, -0.15) is 5.26 Å². The number of nitriles is 1. The number of carboxylic acids is 1. The zero-order valence-electron chi connectivity index (χ0n) is 12.5. The van der Waals surface area contributed by atoms with Crippen molar-refractivity contribution in [2.45, 2.75) is 39.7 Å². The maximum atomic E-state index is 11.3. The van der Waals surface area contributed by atoms with Crippen molar-refractivity contribution in [3.8, 4) is 6.07 Å². The normalized spacial score (nSPS) is 11.5. The minimum atomic E-state index is -0.893. The highest BCUT2D eigenvalue weighted by Gasteiger charge is 2.16. The molecule has 0 aliphatic carbocycles. The number of aryl methyl sites for hydroxylation is 1. The number of carboxylic acid groups (broad SMARTS) is 1. The van der Waals surface area contributed by atoms with E-state index in [9.17, 15) is 9.90 Å². The van der Waals surface area contributed by atoms with E-state index in [0.717, 1.165) is 36.7 Å². The van der Waals surface area contributed by atoms with Gasteiger partial charge in [0.15, 0.2) is 0 Å². The van der Waals surface area contributed by atoms with Gasteiger partial charge in [-0.05, 0) is 32.8 Å². The first-order valence-electron chi connectivity index (χ1n) is 7.17. The average molecular weight is 284 g/mol. The van der Waals surface area contributed by atoms with Gasteiger partial charge in [0.1, 0.15) is 0 Å². The first-order valence-corrected chi connectivity index (χ1v) is 7.17. The Morgan fingerprint density at radius 3 is 2.71 bits per heavy atom. The van der Waals surface area contributed by atoms with E-state index in [4.69, 9.17) is 5.26 Å². The topological polar surface area (TPSA) is 66.0 Å². The summed E-state index contributed by atoms with van der Waals surface area (Å²) >= 11 is 0. The third-order valence-electron chi connectivity index (χ3n) is 3.77. The summed E-state index contributed by atoms with van der Waals surface area (Å²) in [6.07, 6.45) is 4.45. The lowest BCUT2D eigenvalue weighted by atomic mass is 9.89. The number of nitrogens with zero attached hydrogens (tertiary/aromatic N) is 2. The summed E-state index contributed by atoms with van der Waals surface area (Å²) in [6, 6.07) is 9.87. The van der Waals surface area contributed by atoms with Crippen LogP contribution in [0, 0.1) is 16.7 Å². The molecule has 1 heterocycles. The largest absolute Gasteiger partial charge is 0.478 e. The standard InChI is InChI=1S/C17H20N2O2/c1-17(2,12-18)9-5-6-10-19-11-14(16(20)21)13-7-3-4-8-15(13)19/h3-4,7-8,11H,5-6,9-10H2,1-2H3,(H,20,21). The summed E-state index contributed by atoms with van der Waals surface area (Å²) in [5.74, 6) is -0.893. The van der Waals surface area contributed by atoms with Crippen LogP contribution in [0.25, 0.3) is 10.9 Å². The lowest BCUT2D eigenvalue weighted by Gasteiger charge is -2.14. The van der Waals surface area contributed by atoms with Gasteiger partial charge in [0, 0.05) is 23.6 Å². The number of carbonyl (C=O) groups is 1. The van der Waals surface area contributed by atoms with Gasteiger partial charge in [0.2, 0.25) is 0 Å². The van der Waals surface area contributed by atoms with Crippen LogP contribution in [0.4, 0.5) is 0 Å². The predicted molar refractivity (Wildman–Crippen MR) is 82.1 cm³/mol. The van der Waals surface area contributed by atoms with Crippen LogP contribution in [0.3, 0.4) is 0 Å². The van der Waals surface area contributed by atoms with Gasteiger partial charge in [-0.1, -0.05) is 24.6 Å². The van der Waals surface area contributed by atoms with Crippen molar-refractivity contribution in [2.75, 3.05) is 0 Å². The van der Waals surface area contributed by atoms with E-state index in [-0.39, 0.29) is 5.41 Å². The molecule has 1 aromatic carbocycles. The lowest BCUT2D eigenvalue weighted by molar-refractivity contribution is 0.0699.